The van der Waals surface area contributed by atoms with Crippen LogP contribution in [0.15, 0.2) is 6.33 Å². The fourth-order valence-electron chi connectivity index (χ4n) is 1.33. The minimum atomic E-state index is 0.0756. The Morgan fingerprint density at radius 1 is 1.56 bits per heavy atom. The van der Waals surface area contributed by atoms with Gasteiger partial charge in [0, 0.05) is 18.3 Å². The molecule has 0 atom stereocenters. The van der Waals surface area contributed by atoms with Crippen LogP contribution in [0.3, 0.4) is 0 Å². The minimum absolute atomic E-state index is 0.0756. The van der Waals surface area contributed by atoms with Crippen molar-refractivity contribution in [3.8, 4) is 0 Å². The zero-order valence-corrected chi connectivity index (χ0v) is 11.0. The standard InChI is InChI=1S/C10H17BrN4O/c1-2-15-8-13-14-9(15)7-12-10(16)5-3-4-6-11/h8H,2-7H2,1H3,(H,12,16). The highest BCUT2D eigenvalue weighted by Crippen LogP contribution is 1.99. The molecular weight excluding hydrogens is 272 g/mol. The maximum atomic E-state index is 11.4. The monoisotopic (exact) mass is 288 g/mol. The highest BCUT2D eigenvalue weighted by Gasteiger charge is 2.05. The van der Waals surface area contributed by atoms with Crippen LogP contribution in [0.1, 0.15) is 32.0 Å². The first-order chi connectivity index (χ1) is 7.77. The molecule has 1 rings (SSSR count). The number of alkyl halides is 1. The molecule has 0 radical (unpaired) electrons. The number of carbonyl (C=O) groups excluding carboxylic acids is 1. The van der Waals surface area contributed by atoms with Crippen LogP contribution in [-0.2, 0) is 17.9 Å². The lowest BCUT2D eigenvalue weighted by molar-refractivity contribution is -0.121. The number of nitrogens with zero attached hydrogens (tertiary/aromatic N) is 3. The fourth-order valence-corrected chi connectivity index (χ4v) is 1.72. The molecular formula is C10H17BrN4O. The summed E-state index contributed by atoms with van der Waals surface area (Å²) < 4.78 is 1.92. The lowest BCUT2D eigenvalue weighted by Gasteiger charge is -2.05. The lowest BCUT2D eigenvalue weighted by Crippen LogP contribution is -2.24. The summed E-state index contributed by atoms with van der Waals surface area (Å²) in [5, 5.41) is 11.5. The smallest absolute Gasteiger partial charge is 0.220 e. The molecule has 0 saturated carbocycles. The first-order valence-electron chi connectivity index (χ1n) is 5.47. The summed E-state index contributed by atoms with van der Waals surface area (Å²) in [5.74, 6) is 0.878. The molecule has 1 aromatic rings. The van der Waals surface area contributed by atoms with Crippen molar-refractivity contribution in [1.29, 1.82) is 0 Å². The first-order valence-corrected chi connectivity index (χ1v) is 6.59. The molecule has 16 heavy (non-hydrogen) atoms. The second kappa shape index (κ2) is 7.38. The number of hydrogen-bond donors (Lipinski definition) is 1. The highest BCUT2D eigenvalue weighted by atomic mass is 79.9. The highest BCUT2D eigenvalue weighted by molar-refractivity contribution is 9.09. The maximum Gasteiger partial charge on any atom is 0.220 e. The van der Waals surface area contributed by atoms with Gasteiger partial charge in [0.2, 0.25) is 5.91 Å². The largest absolute Gasteiger partial charge is 0.349 e. The van der Waals surface area contributed by atoms with Crippen LogP contribution in [0.5, 0.6) is 0 Å². The molecule has 6 heteroatoms. The van der Waals surface area contributed by atoms with Gasteiger partial charge in [0.1, 0.15) is 6.33 Å². The van der Waals surface area contributed by atoms with Gasteiger partial charge in [0.25, 0.3) is 0 Å². The van der Waals surface area contributed by atoms with E-state index in [1.807, 2.05) is 11.5 Å². The van der Waals surface area contributed by atoms with E-state index in [1.54, 1.807) is 6.33 Å². The topological polar surface area (TPSA) is 59.8 Å². The minimum Gasteiger partial charge on any atom is -0.349 e. The zero-order chi connectivity index (χ0) is 11.8. The van der Waals surface area contributed by atoms with Crippen molar-refractivity contribution in [3.05, 3.63) is 12.2 Å². The molecule has 0 unspecified atom stereocenters. The molecule has 0 bridgehead atoms. The first kappa shape index (κ1) is 13.2. The molecule has 0 spiro atoms. The quantitative estimate of drug-likeness (QED) is 0.611. The lowest BCUT2D eigenvalue weighted by atomic mass is 10.2. The van der Waals surface area contributed by atoms with Crippen LogP contribution >= 0.6 is 15.9 Å². The Labute approximate surface area is 104 Å². The summed E-state index contributed by atoms with van der Waals surface area (Å²) in [5.41, 5.74) is 0. The number of rotatable bonds is 7. The predicted octanol–water partition coefficient (Wildman–Crippen LogP) is 1.48. The van der Waals surface area contributed by atoms with Gasteiger partial charge in [-0.05, 0) is 19.8 Å². The van der Waals surface area contributed by atoms with Crippen LogP contribution in [-0.4, -0.2) is 26.0 Å². The third kappa shape index (κ3) is 4.30. The van der Waals surface area contributed by atoms with Crippen LogP contribution in [0.25, 0.3) is 0 Å². The molecule has 0 aliphatic heterocycles. The number of hydrogen-bond acceptors (Lipinski definition) is 3. The molecule has 90 valence electrons. The van der Waals surface area contributed by atoms with Gasteiger partial charge in [-0.3, -0.25) is 4.79 Å². The van der Waals surface area contributed by atoms with E-state index in [1.165, 1.54) is 0 Å². The molecule has 0 aliphatic rings. The number of carbonyl (C=O) groups is 1. The third-order valence-corrected chi connectivity index (χ3v) is 2.83. The molecule has 1 aromatic heterocycles. The normalized spacial score (nSPS) is 10.4. The molecule has 1 amide bonds. The van der Waals surface area contributed by atoms with E-state index in [2.05, 4.69) is 31.4 Å². The Morgan fingerprint density at radius 2 is 2.38 bits per heavy atom. The molecule has 5 nitrogen and oxygen atoms in total. The number of nitrogens with one attached hydrogen (secondary N) is 1. The van der Waals surface area contributed by atoms with Crippen molar-refractivity contribution in [2.24, 2.45) is 0 Å². The average Bonchev–Trinajstić information content (AvgIpc) is 2.74. The second-order valence-electron chi connectivity index (χ2n) is 3.46. The van der Waals surface area contributed by atoms with Gasteiger partial charge in [0.15, 0.2) is 5.82 Å². The Bertz CT molecular complexity index is 326. The summed E-state index contributed by atoms with van der Waals surface area (Å²) in [6, 6.07) is 0. The van der Waals surface area contributed by atoms with E-state index in [0.717, 1.165) is 30.5 Å². The Morgan fingerprint density at radius 3 is 3.06 bits per heavy atom. The number of aromatic nitrogens is 3. The Hall–Kier alpha value is -0.910. The summed E-state index contributed by atoms with van der Waals surface area (Å²) in [6.07, 6.45) is 4.19. The Kier molecular flexibility index (Phi) is 6.07. The summed E-state index contributed by atoms with van der Waals surface area (Å²) in [7, 11) is 0. The molecule has 0 saturated heterocycles. The number of aryl methyl sites for hydroxylation is 1. The number of amides is 1. The van der Waals surface area contributed by atoms with Crippen molar-refractivity contribution in [2.75, 3.05) is 5.33 Å². The second-order valence-corrected chi connectivity index (χ2v) is 4.25. The Balaban J connectivity index is 2.26. The van der Waals surface area contributed by atoms with Gasteiger partial charge in [0.05, 0.1) is 6.54 Å². The van der Waals surface area contributed by atoms with Crippen molar-refractivity contribution in [3.63, 3.8) is 0 Å². The zero-order valence-electron chi connectivity index (χ0n) is 9.45. The molecule has 1 N–H and O–H groups in total. The van der Waals surface area contributed by atoms with Crippen LogP contribution in [0.4, 0.5) is 0 Å². The van der Waals surface area contributed by atoms with Crippen LogP contribution < -0.4 is 5.32 Å². The van der Waals surface area contributed by atoms with Gasteiger partial charge in [-0.2, -0.15) is 0 Å². The molecule has 0 fully saturated rings. The average molecular weight is 289 g/mol. The van der Waals surface area contributed by atoms with Crippen LogP contribution in [0, 0.1) is 0 Å². The van der Waals surface area contributed by atoms with E-state index in [9.17, 15) is 4.79 Å². The summed E-state index contributed by atoms with van der Waals surface area (Å²) in [6.45, 7) is 3.30. The van der Waals surface area contributed by atoms with Gasteiger partial charge in [-0.15, -0.1) is 10.2 Å². The summed E-state index contributed by atoms with van der Waals surface area (Å²) in [4.78, 5) is 11.4. The number of unbranched alkanes of at least 4 members (excludes halogenated alkanes) is 1. The molecule has 0 aromatic carbocycles. The van der Waals surface area contributed by atoms with Gasteiger partial charge < -0.3 is 9.88 Å². The van der Waals surface area contributed by atoms with E-state index in [0.29, 0.717) is 13.0 Å². The van der Waals surface area contributed by atoms with Crippen LogP contribution in [0.2, 0.25) is 0 Å². The van der Waals surface area contributed by atoms with Gasteiger partial charge >= 0.3 is 0 Å². The van der Waals surface area contributed by atoms with Crippen molar-refractivity contribution in [1.82, 2.24) is 20.1 Å². The third-order valence-electron chi connectivity index (χ3n) is 2.27. The number of halogens is 1. The van der Waals surface area contributed by atoms with Crippen molar-refractivity contribution in [2.45, 2.75) is 39.3 Å². The fraction of sp³-hybridized carbons (Fsp3) is 0.700. The van der Waals surface area contributed by atoms with E-state index < -0.39 is 0 Å². The van der Waals surface area contributed by atoms with E-state index >= 15 is 0 Å². The SMILES string of the molecule is CCn1cnnc1CNC(=O)CCCCBr. The maximum absolute atomic E-state index is 11.4. The summed E-state index contributed by atoms with van der Waals surface area (Å²) >= 11 is 3.34. The van der Waals surface area contributed by atoms with Crippen molar-refractivity contribution >= 4 is 21.8 Å². The molecule has 1 heterocycles. The van der Waals surface area contributed by atoms with Crippen molar-refractivity contribution < 1.29 is 4.79 Å². The van der Waals surface area contributed by atoms with E-state index in [-0.39, 0.29) is 5.91 Å². The molecule has 0 aliphatic carbocycles. The van der Waals surface area contributed by atoms with Gasteiger partial charge in [-0.1, -0.05) is 15.9 Å². The van der Waals surface area contributed by atoms with E-state index in [4.69, 9.17) is 0 Å². The predicted molar refractivity (Wildman–Crippen MR) is 65.2 cm³/mol. The van der Waals surface area contributed by atoms with Gasteiger partial charge in [-0.25, -0.2) is 0 Å².